The first kappa shape index (κ1) is 16.4. The van der Waals surface area contributed by atoms with Crippen LogP contribution in [0, 0.1) is 0 Å². The van der Waals surface area contributed by atoms with Gasteiger partial charge in [0.25, 0.3) is 0 Å². The minimum atomic E-state index is 0.201. The number of rotatable bonds is 5. The predicted octanol–water partition coefficient (Wildman–Crippen LogP) is 2.54. The Morgan fingerprint density at radius 3 is 2.96 bits per heavy atom. The first-order valence-corrected chi connectivity index (χ1v) is 8.54. The van der Waals surface area contributed by atoms with Crippen molar-refractivity contribution in [3.05, 3.63) is 54.5 Å². The molecule has 0 aliphatic carbocycles. The van der Waals surface area contributed by atoms with Gasteiger partial charge in [-0.3, -0.25) is 9.78 Å². The molecule has 5 heteroatoms. The van der Waals surface area contributed by atoms with E-state index in [9.17, 15) is 4.79 Å². The van der Waals surface area contributed by atoms with Crippen LogP contribution in [0.2, 0.25) is 0 Å². The lowest BCUT2D eigenvalue weighted by Crippen LogP contribution is -2.48. The summed E-state index contributed by atoms with van der Waals surface area (Å²) in [4.78, 5) is 25.3. The molecule has 24 heavy (non-hydrogen) atoms. The molecule has 3 heterocycles. The van der Waals surface area contributed by atoms with Crippen molar-refractivity contribution in [3.63, 3.8) is 0 Å². The van der Waals surface area contributed by atoms with Crippen molar-refractivity contribution in [3.8, 4) is 0 Å². The minimum Gasteiger partial charge on any atom is -0.355 e. The van der Waals surface area contributed by atoms with Crippen LogP contribution in [0.1, 0.15) is 24.8 Å². The molecule has 1 unspecified atom stereocenters. The lowest BCUT2D eigenvalue weighted by atomic mass is 10.0. The normalized spacial score (nSPS) is 17.5. The Hall–Kier alpha value is -2.43. The monoisotopic (exact) mass is 324 g/mol. The van der Waals surface area contributed by atoms with Crippen LogP contribution in [0.4, 0.5) is 5.82 Å². The number of aromatic nitrogens is 2. The molecule has 2 aromatic heterocycles. The highest BCUT2D eigenvalue weighted by Crippen LogP contribution is 2.20. The summed E-state index contributed by atoms with van der Waals surface area (Å²) < 4.78 is 0. The number of piperidine rings is 1. The molecule has 1 aliphatic rings. The topological polar surface area (TPSA) is 49.3 Å². The van der Waals surface area contributed by atoms with Gasteiger partial charge in [-0.25, -0.2) is 4.98 Å². The Balaban J connectivity index is 1.55. The Labute approximate surface area is 143 Å². The van der Waals surface area contributed by atoms with E-state index in [1.54, 1.807) is 6.20 Å². The van der Waals surface area contributed by atoms with E-state index in [-0.39, 0.29) is 11.9 Å². The highest BCUT2D eigenvalue weighted by atomic mass is 16.2. The number of nitrogens with zero attached hydrogens (tertiary/aromatic N) is 4. The largest absolute Gasteiger partial charge is 0.355 e. The molecule has 1 aliphatic heterocycles. The molecule has 1 fully saturated rings. The highest BCUT2D eigenvalue weighted by Gasteiger charge is 2.26. The third-order valence-electron chi connectivity index (χ3n) is 4.66. The summed E-state index contributed by atoms with van der Waals surface area (Å²) >= 11 is 0. The van der Waals surface area contributed by atoms with Crippen LogP contribution in [0.5, 0.6) is 0 Å². The molecule has 5 nitrogen and oxygen atoms in total. The second-order valence-electron chi connectivity index (χ2n) is 6.30. The molecule has 0 saturated carbocycles. The third kappa shape index (κ3) is 4.10. The van der Waals surface area contributed by atoms with Crippen LogP contribution in [0.25, 0.3) is 0 Å². The molecule has 3 rings (SSSR count). The molecule has 126 valence electrons. The Morgan fingerprint density at radius 2 is 2.21 bits per heavy atom. The average molecular weight is 324 g/mol. The number of anilines is 1. The van der Waals surface area contributed by atoms with Gasteiger partial charge in [-0.05, 0) is 43.0 Å². The zero-order valence-electron chi connectivity index (χ0n) is 14.1. The van der Waals surface area contributed by atoms with E-state index in [0.717, 1.165) is 43.7 Å². The van der Waals surface area contributed by atoms with Gasteiger partial charge < -0.3 is 9.80 Å². The van der Waals surface area contributed by atoms with Gasteiger partial charge in [0.15, 0.2) is 0 Å². The maximum absolute atomic E-state index is 12.5. The number of likely N-dealkylation sites (N-methyl/N-ethyl adjacent to an activating group) is 1. The van der Waals surface area contributed by atoms with Crippen LogP contribution in [-0.4, -0.2) is 47.0 Å². The smallest absolute Gasteiger partial charge is 0.222 e. The number of carbonyl (C=O) groups excluding carboxylic acids is 1. The lowest BCUT2D eigenvalue weighted by Gasteiger charge is -2.38. The molecule has 2 aromatic rings. The molecule has 1 atom stereocenters. The summed E-state index contributed by atoms with van der Waals surface area (Å²) in [5.41, 5.74) is 1.11. The molecular weight excluding hydrogens is 300 g/mol. The summed E-state index contributed by atoms with van der Waals surface area (Å²) in [7, 11) is 1.93. The van der Waals surface area contributed by atoms with Crippen molar-refractivity contribution >= 4 is 11.7 Å². The maximum atomic E-state index is 12.5. The Bertz CT molecular complexity index is 647. The van der Waals surface area contributed by atoms with E-state index >= 15 is 0 Å². The highest BCUT2D eigenvalue weighted by molar-refractivity contribution is 5.76. The van der Waals surface area contributed by atoms with Gasteiger partial charge in [0.2, 0.25) is 5.91 Å². The van der Waals surface area contributed by atoms with Crippen LogP contribution >= 0.6 is 0 Å². The molecule has 0 N–H and O–H groups in total. The zero-order chi connectivity index (χ0) is 16.8. The second-order valence-corrected chi connectivity index (χ2v) is 6.30. The first-order chi connectivity index (χ1) is 11.7. The molecule has 0 spiro atoms. The van der Waals surface area contributed by atoms with Gasteiger partial charge in [0, 0.05) is 51.2 Å². The Morgan fingerprint density at radius 1 is 1.29 bits per heavy atom. The van der Waals surface area contributed by atoms with Gasteiger partial charge in [0.1, 0.15) is 5.82 Å². The number of hydrogen-bond acceptors (Lipinski definition) is 4. The van der Waals surface area contributed by atoms with Crippen molar-refractivity contribution in [2.75, 3.05) is 25.0 Å². The summed E-state index contributed by atoms with van der Waals surface area (Å²) in [6.45, 7) is 1.86. The minimum absolute atomic E-state index is 0.201. The first-order valence-electron chi connectivity index (χ1n) is 8.54. The third-order valence-corrected chi connectivity index (χ3v) is 4.66. The SMILES string of the molecule is CN(C(=O)CCc1cccnc1)C1CCCN(c2ccccn2)C1. The molecule has 0 radical (unpaired) electrons. The fourth-order valence-electron chi connectivity index (χ4n) is 3.20. The fourth-order valence-corrected chi connectivity index (χ4v) is 3.20. The van der Waals surface area contributed by atoms with Crippen LogP contribution < -0.4 is 4.90 Å². The predicted molar refractivity (Wildman–Crippen MR) is 94.8 cm³/mol. The van der Waals surface area contributed by atoms with E-state index in [1.807, 2.05) is 54.7 Å². The van der Waals surface area contributed by atoms with Gasteiger partial charge >= 0.3 is 0 Å². The molecule has 1 saturated heterocycles. The number of carbonyl (C=O) groups is 1. The maximum Gasteiger partial charge on any atom is 0.222 e. The quantitative estimate of drug-likeness (QED) is 0.848. The molecule has 1 amide bonds. The Kier molecular flexibility index (Phi) is 5.41. The van der Waals surface area contributed by atoms with E-state index < -0.39 is 0 Å². The van der Waals surface area contributed by atoms with E-state index in [4.69, 9.17) is 0 Å². The summed E-state index contributed by atoms with van der Waals surface area (Å²) in [5, 5.41) is 0. The van der Waals surface area contributed by atoms with Gasteiger partial charge in [-0.1, -0.05) is 12.1 Å². The summed E-state index contributed by atoms with van der Waals surface area (Å²) in [5.74, 6) is 1.20. The number of aryl methyl sites for hydroxylation is 1. The number of hydrogen-bond donors (Lipinski definition) is 0. The van der Waals surface area contributed by atoms with Crippen molar-refractivity contribution in [1.82, 2.24) is 14.9 Å². The second kappa shape index (κ2) is 7.90. The van der Waals surface area contributed by atoms with E-state index in [0.29, 0.717) is 6.42 Å². The number of pyridine rings is 2. The van der Waals surface area contributed by atoms with Crippen molar-refractivity contribution in [2.45, 2.75) is 31.7 Å². The van der Waals surface area contributed by atoms with Crippen LogP contribution in [0.15, 0.2) is 48.9 Å². The number of amides is 1. The molecule has 0 bridgehead atoms. The van der Waals surface area contributed by atoms with Crippen molar-refractivity contribution < 1.29 is 4.79 Å². The molecule has 0 aromatic carbocycles. The summed E-state index contributed by atoms with van der Waals surface area (Å²) in [6, 6.07) is 10.2. The van der Waals surface area contributed by atoms with Crippen molar-refractivity contribution in [2.24, 2.45) is 0 Å². The fraction of sp³-hybridized carbons (Fsp3) is 0.421. The van der Waals surface area contributed by atoms with E-state index in [1.165, 1.54) is 0 Å². The molecular formula is C19H24N4O. The van der Waals surface area contributed by atoms with Crippen LogP contribution in [-0.2, 0) is 11.2 Å². The van der Waals surface area contributed by atoms with Crippen molar-refractivity contribution in [1.29, 1.82) is 0 Å². The van der Waals surface area contributed by atoms with Gasteiger partial charge in [-0.2, -0.15) is 0 Å². The standard InChI is InChI=1S/C19H24N4O/c1-22(19(24)10-9-16-6-4-11-20-14-16)17-7-5-13-23(15-17)18-8-2-3-12-21-18/h2-4,6,8,11-12,14,17H,5,7,9-10,13,15H2,1H3. The average Bonchev–Trinajstić information content (AvgIpc) is 2.67. The van der Waals surface area contributed by atoms with Gasteiger partial charge in [0.05, 0.1) is 0 Å². The summed E-state index contributed by atoms with van der Waals surface area (Å²) in [6.07, 6.45) is 8.82. The van der Waals surface area contributed by atoms with E-state index in [2.05, 4.69) is 14.9 Å². The van der Waals surface area contributed by atoms with Crippen LogP contribution in [0.3, 0.4) is 0 Å². The van der Waals surface area contributed by atoms with Gasteiger partial charge in [-0.15, -0.1) is 0 Å². The zero-order valence-corrected chi connectivity index (χ0v) is 14.1. The lowest BCUT2D eigenvalue weighted by molar-refractivity contribution is -0.132.